The largest absolute Gasteiger partial charge is 0.481 e. The lowest BCUT2D eigenvalue weighted by atomic mass is 10.1. The van der Waals surface area contributed by atoms with Crippen molar-refractivity contribution in [1.82, 2.24) is 10.3 Å². The highest BCUT2D eigenvalue weighted by Gasteiger charge is 2.12. The average molecular weight is 288 g/mol. The summed E-state index contributed by atoms with van der Waals surface area (Å²) < 4.78 is 0. The molecule has 1 atom stereocenters. The maximum atomic E-state index is 12.0. The highest BCUT2D eigenvalue weighted by Crippen LogP contribution is 2.10. The van der Waals surface area contributed by atoms with E-state index in [1.165, 1.54) is 0 Å². The number of aromatic amines is 1. The van der Waals surface area contributed by atoms with Crippen LogP contribution in [0.5, 0.6) is 0 Å². The maximum Gasteiger partial charge on any atom is 0.303 e. The van der Waals surface area contributed by atoms with E-state index < -0.39 is 11.9 Å². The standard InChI is InChI=1S/C15H16N2O4/c1-9(6-13(18)19)8-16-15(21)12-7-10-4-2-3-5-11(10)14(20)17-12/h2-5,7,9H,6,8H2,1H3,(H,16,21)(H,17,20)(H,18,19). The van der Waals surface area contributed by atoms with Gasteiger partial charge in [0.25, 0.3) is 11.5 Å². The number of H-pyrrole nitrogens is 1. The van der Waals surface area contributed by atoms with Gasteiger partial charge in [-0.05, 0) is 23.4 Å². The van der Waals surface area contributed by atoms with Gasteiger partial charge in [-0.1, -0.05) is 25.1 Å². The van der Waals surface area contributed by atoms with Gasteiger partial charge in [0.15, 0.2) is 0 Å². The molecule has 0 saturated carbocycles. The monoisotopic (exact) mass is 288 g/mol. The van der Waals surface area contributed by atoms with E-state index in [0.29, 0.717) is 10.8 Å². The fourth-order valence-corrected chi connectivity index (χ4v) is 2.07. The molecule has 0 fully saturated rings. The number of fused-ring (bicyclic) bond motifs is 1. The Hall–Kier alpha value is -2.63. The third-order valence-electron chi connectivity index (χ3n) is 3.13. The zero-order chi connectivity index (χ0) is 15.4. The molecule has 0 bridgehead atoms. The molecule has 0 aliphatic carbocycles. The van der Waals surface area contributed by atoms with E-state index in [0.717, 1.165) is 0 Å². The number of rotatable bonds is 5. The van der Waals surface area contributed by atoms with Gasteiger partial charge in [-0.3, -0.25) is 14.4 Å². The molecular formula is C15H16N2O4. The molecule has 2 aromatic rings. The van der Waals surface area contributed by atoms with Crippen LogP contribution >= 0.6 is 0 Å². The molecule has 0 aliphatic heterocycles. The van der Waals surface area contributed by atoms with Crippen LogP contribution in [0.2, 0.25) is 0 Å². The minimum atomic E-state index is -0.907. The van der Waals surface area contributed by atoms with Crippen molar-refractivity contribution in [2.45, 2.75) is 13.3 Å². The van der Waals surface area contributed by atoms with Crippen molar-refractivity contribution in [1.29, 1.82) is 0 Å². The van der Waals surface area contributed by atoms with Gasteiger partial charge in [0.1, 0.15) is 5.69 Å². The SMILES string of the molecule is CC(CNC(=O)c1cc2ccccc2c(=O)[nH]1)CC(=O)O. The van der Waals surface area contributed by atoms with Crippen LogP contribution in [0.3, 0.4) is 0 Å². The predicted octanol–water partition coefficient (Wildman–Crippen LogP) is 1.37. The number of aliphatic carboxylic acids is 1. The van der Waals surface area contributed by atoms with Gasteiger partial charge in [0.2, 0.25) is 0 Å². The Morgan fingerprint density at radius 3 is 2.76 bits per heavy atom. The van der Waals surface area contributed by atoms with Crippen molar-refractivity contribution in [2.75, 3.05) is 6.54 Å². The summed E-state index contributed by atoms with van der Waals surface area (Å²) in [6.45, 7) is 1.97. The lowest BCUT2D eigenvalue weighted by Gasteiger charge is -2.10. The molecule has 2 rings (SSSR count). The van der Waals surface area contributed by atoms with Crippen molar-refractivity contribution in [3.05, 3.63) is 46.4 Å². The van der Waals surface area contributed by atoms with Crippen LogP contribution in [0.15, 0.2) is 35.1 Å². The summed E-state index contributed by atoms with van der Waals surface area (Å²) in [6, 6.07) is 8.59. The van der Waals surface area contributed by atoms with Crippen molar-refractivity contribution < 1.29 is 14.7 Å². The fraction of sp³-hybridized carbons (Fsp3) is 0.267. The fourth-order valence-electron chi connectivity index (χ4n) is 2.07. The zero-order valence-electron chi connectivity index (χ0n) is 11.6. The number of hydrogen-bond acceptors (Lipinski definition) is 3. The molecule has 1 aromatic heterocycles. The highest BCUT2D eigenvalue weighted by molar-refractivity contribution is 5.96. The van der Waals surface area contributed by atoms with Gasteiger partial charge in [0.05, 0.1) is 0 Å². The molecule has 0 spiro atoms. The lowest BCUT2D eigenvalue weighted by Crippen LogP contribution is -2.31. The molecule has 1 heterocycles. The number of pyridine rings is 1. The van der Waals surface area contributed by atoms with E-state index in [2.05, 4.69) is 10.3 Å². The molecule has 1 amide bonds. The Labute approximate surface area is 120 Å². The topological polar surface area (TPSA) is 99.3 Å². The second-order valence-corrected chi connectivity index (χ2v) is 5.01. The van der Waals surface area contributed by atoms with Crippen molar-refractivity contribution >= 4 is 22.6 Å². The summed E-state index contributed by atoms with van der Waals surface area (Å²) in [5.41, 5.74) is -0.155. The van der Waals surface area contributed by atoms with E-state index in [-0.39, 0.29) is 30.1 Å². The van der Waals surface area contributed by atoms with E-state index >= 15 is 0 Å². The summed E-state index contributed by atoms with van der Waals surface area (Å²) in [4.78, 5) is 37.0. The minimum absolute atomic E-state index is 0.0193. The van der Waals surface area contributed by atoms with Crippen LogP contribution in [0.1, 0.15) is 23.8 Å². The third kappa shape index (κ3) is 3.68. The van der Waals surface area contributed by atoms with Crippen LogP contribution in [-0.2, 0) is 4.79 Å². The van der Waals surface area contributed by atoms with Crippen LogP contribution < -0.4 is 10.9 Å². The van der Waals surface area contributed by atoms with Crippen LogP contribution in [0.25, 0.3) is 10.8 Å². The Bertz CT molecular complexity index is 736. The van der Waals surface area contributed by atoms with E-state index in [1.54, 1.807) is 37.3 Å². The normalized spacial score (nSPS) is 12.0. The molecule has 0 radical (unpaired) electrons. The average Bonchev–Trinajstić information content (AvgIpc) is 2.44. The summed E-state index contributed by atoms with van der Waals surface area (Å²) in [6.07, 6.45) is -0.0193. The number of carboxylic acids is 1. The van der Waals surface area contributed by atoms with Crippen LogP contribution in [0.4, 0.5) is 0 Å². The molecule has 1 aromatic carbocycles. The number of aromatic nitrogens is 1. The summed E-state index contributed by atoms with van der Waals surface area (Å²) >= 11 is 0. The first kappa shape index (κ1) is 14.8. The molecule has 6 heteroatoms. The number of amides is 1. The first-order valence-corrected chi connectivity index (χ1v) is 6.59. The first-order chi connectivity index (χ1) is 9.97. The Morgan fingerprint density at radius 2 is 2.05 bits per heavy atom. The molecule has 6 nitrogen and oxygen atoms in total. The lowest BCUT2D eigenvalue weighted by molar-refractivity contribution is -0.137. The van der Waals surface area contributed by atoms with Gasteiger partial charge >= 0.3 is 5.97 Å². The molecular weight excluding hydrogens is 272 g/mol. The van der Waals surface area contributed by atoms with E-state index in [9.17, 15) is 14.4 Å². The van der Waals surface area contributed by atoms with E-state index in [1.807, 2.05) is 0 Å². The minimum Gasteiger partial charge on any atom is -0.481 e. The number of benzene rings is 1. The third-order valence-corrected chi connectivity index (χ3v) is 3.13. The van der Waals surface area contributed by atoms with Gasteiger partial charge in [0, 0.05) is 18.4 Å². The van der Waals surface area contributed by atoms with Crippen molar-refractivity contribution in [2.24, 2.45) is 5.92 Å². The number of hydrogen-bond donors (Lipinski definition) is 3. The number of carbonyl (C=O) groups is 2. The Kier molecular flexibility index (Phi) is 4.37. The maximum absolute atomic E-state index is 12.0. The van der Waals surface area contributed by atoms with Crippen molar-refractivity contribution in [3.63, 3.8) is 0 Å². The van der Waals surface area contributed by atoms with E-state index in [4.69, 9.17) is 5.11 Å². The number of carboxylic acid groups (broad SMARTS) is 1. The molecule has 21 heavy (non-hydrogen) atoms. The zero-order valence-corrected chi connectivity index (χ0v) is 11.6. The number of nitrogens with one attached hydrogen (secondary N) is 2. The molecule has 0 saturated heterocycles. The van der Waals surface area contributed by atoms with Gasteiger partial charge in [-0.15, -0.1) is 0 Å². The summed E-state index contributed by atoms with van der Waals surface area (Å²) in [5, 5.41) is 12.5. The second-order valence-electron chi connectivity index (χ2n) is 5.01. The van der Waals surface area contributed by atoms with Crippen LogP contribution in [0, 0.1) is 5.92 Å². The Balaban J connectivity index is 2.13. The smallest absolute Gasteiger partial charge is 0.303 e. The number of carbonyl (C=O) groups excluding carboxylic acids is 1. The Morgan fingerprint density at radius 1 is 1.33 bits per heavy atom. The predicted molar refractivity (Wildman–Crippen MR) is 78.3 cm³/mol. The summed E-state index contributed by atoms with van der Waals surface area (Å²) in [7, 11) is 0. The van der Waals surface area contributed by atoms with Crippen molar-refractivity contribution in [3.8, 4) is 0 Å². The quantitative estimate of drug-likeness (QED) is 0.773. The molecule has 3 N–H and O–H groups in total. The second kappa shape index (κ2) is 6.21. The molecule has 1 unspecified atom stereocenters. The molecule has 110 valence electrons. The van der Waals surface area contributed by atoms with Crippen LogP contribution in [-0.4, -0.2) is 28.5 Å². The van der Waals surface area contributed by atoms with Gasteiger partial charge in [-0.2, -0.15) is 0 Å². The van der Waals surface area contributed by atoms with Gasteiger partial charge in [-0.25, -0.2) is 0 Å². The first-order valence-electron chi connectivity index (χ1n) is 6.59. The summed E-state index contributed by atoms with van der Waals surface area (Å²) in [5.74, 6) is -1.51. The highest BCUT2D eigenvalue weighted by atomic mass is 16.4. The molecule has 0 aliphatic rings. The van der Waals surface area contributed by atoms with Gasteiger partial charge < -0.3 is 15.4 Å².